The molecular weight excluding hydrogens is 162 g/mol. The molecule has 1 heterocycles. The van der Waals surface area contributed by atoms with Gasteiger partial charge < -0.3 is 10.3 Å². The second-order valence-corrected chi connectivity index (χ2v) is 3.65. The Balaban J connectivity index is 2.47. The Morgan fingerprint density at radius 3 is 2.77 bits per heavy atom. The molecule has 0 aliphatic rings. The third-order valence-electron chi connectivity index (χ3n) is 2.24. The van der Waals surface area contributed by atoms with Crippen molar-refractivity contribution < 1.29 is 0 Å². The summed E-state index contributed by atoms with van der Waals surface area (Å²) >= 11 is 0. The quantitative estimate of drug-likeness (QED) is 0.724. The maximum atomic E-state index is 4.23. The minimum absolute atomic E-state index is 0.524. The van der Waals surface area contributed by atoms with Gasteiger partial charge >= 0.3 is 0 Å². The lowest BCUT2D eigenvalue weighted by atomic mass is 10.0. The fourth-order valence-electron chi connectivity index (χ4n) is 1.42. The normalized spacial score (nSPS) is 13.5. The van der Waals surface area contributed by atoms with Crippen molar-refractivity contribution >= 4 is 0 Å². The summed E-state index contributed by atoms with van der Waals surface area (Å²) in [6.07, 6.45) is 4.66. The summed E-state index contributed by atoms with van der Waals surface area (Å²) in [7, 11) is 0. The van der Waals surface area contributed by atoms with Gasteiger partial charge in [0.05, 0.1) is 0 Å². The number of likely N-dealkylation sites (N-methyl/N-ethyl adjacent to an activating group) is 1. The number of imidazole rings is 1. The van der Waals surface area contributed by atoms with Crippen LogP contribution in [-0.2, 0) is 6.42 Å². The van der Waals surface area contributed by atoms with Gasteiger partial charge in [0.2, 0.25) is 0 Å². The van der Waals surface area contributed by atoms with Crippen molar-refractivity contribution in [3.8, 4) is 0 Å². The molecule has 1 atom stereocenters. The minimum Gasteiger partial charge on any atom is -0.349 e. The summed E-state index contributed by atoms with van der Waals surface area (Å²) in [5.74, 6) is 1.71. The molecule has 0 saturated carbocycles. The molecule has 1 rings (SSSR count). The second-order valence-electron chi connectivity index (χ2n) is 3.65. The maximum Gasteiger partial charge on any atom is 0.107 e. The van der Waals surface area contributed by atoms with Gasteiger partial charge in [0.25, 0.3) is 0 Å². The van der Waals surface area contributed by atoms with E-state index in [9.17, 15) is 0 Å². The van der Waals surface area contributed by atoms with E-state index in [2.05, 4.69) is 36.1 Å². The molecule has 0 amide bonds. The van der Waals surface area contributed by atoms with Crippen molar-refractivity contribution in [3.63, 3.8) is 0 Å². The van der Waals surface area contributed by atoms with Crippen LogP contribution in [0.15, 0.2) is 12.4 Å². The Morgan fingerprint density at radius 1 is 1.54 bits per heavy atom. The number of hydrogen-bond donors (Lipinski definition) is 2. The van der Waals surface area contributed by atoms with Crippen molar-refractivity contribution in [1.82, 2.24) is 15.3 Å². The summed E-state index contributed by atoms with van der Waals surface area (Å²) in [5, 5.41) is 3.46. The molecule has 0 fully saturated rings. The summed E-state index contributed by atoms with van der Waals surface area (Å²) in [4.78, 5) is 7.35. The molecule has 1 unspecified atom stereocenters. The van der Waals surface area contributed by atoms with E-state index in [4.69, 9.17) is 0 Å². The fraction of sp³-hybridized carbons (Fsp3) is 0.700. The van der Waals surface area contributed by atoms with Crippen molar-refractivity contribution in [2.45, 2.75) is 33.2 Å². The van der Waals surface area contributed by atoms with Gasteiger partial charge in [-0.25, -0.2) is 4.98 Å². The van der Waals surface area contributed by atoms with Crippen molar-refractivity contribution in [2.75, 3.05) is 6.54 Å². The summed E-state index contributed by atoms with van der Waals surface area (Å²) in [6.45, 7) is 7.62. The van der Waals surface area contributed by atoms with E-state index >= 15 is 0 Å². The van der Waals surface area contributed by atoms with Gasteiger partial charge in [0.15, 0.2) is 0 Å². The average molecular weight is 181 g/mol. The zero-order valence-corrected chi connectivity index (χ0v) is 8.67. The lowest BCUT2D eigenvalue weighted by molar-refractivity contribution is 0.400. The molecule has 0 saturated heterocycles. The van der Waals surface area contributed by atoms with Gasteiger partial charge in [-0.05, 0) is 12.5 Å². The smallest absolute Gasteiger partial charge is 0.107 e. The van der Waals surface area contributed by atoms with Crippen LogP contribution in [0.3, 0.4) is 0 Å². The van der Waals surface area contributed by atoms with Gasteiger partial charge in [-0.2, -0.15) is 0 Å². The summed E-state index contributed by atoms with van der Waals surface area (Å²) < 4.78 is 0. The molecule has 1 aromatic rings. The van der Waals surface area contributed by atoms with E-state index in [1.54, 1.807) is 6.20 Å². The predicted octanol–water partition coefficient (Wildman–Crippen LogP) is 1.59. The Hall–Kier alpha value is -0.830. The number of aromatic amines is 1. The molecule has 0 spiro atoms. The first kappa shape index (κ1) is 10.3. The highest BCUT2D eigenvalue weighted by atomic mass is 14.9. The fourth-order valence-corrected chi connectivity index (χ4v) is 1.42. The number of rotatable bonds is 5. The van der Waals surface area contributed by atoms with Crippen LogP contribution in [0.2, 0.25) is 0 Å². The Morgan fingerprint density at radius 2 is 2.31 bits per heavy atom. The van der Waals surface area contributed by atoms with Crippen LogP contribution < -0.4 is 5.32 Å². The van der Waals surface area contributed by atoms with Crippen LogP contribution in [0.4, 0.5) is 0 Å². The first-order valence-electron chi connectivity index (χ1n) is 4.95. The average Bonchev–Trinajstić information content (AvgIpc) is 2.56. The molecule has 74 valence electrons. The molecular formula is C10H19N3. The molecule has 0 aromatic carbocycles. The highest BCUT2D eigenvalue weighted by Gasteiger charge is 2.13. The van der Waals surface area contributed by atoms with Crippen LogP contribution in [0.25, 0.3) is 0 Å². The Kier molecular flexibility index (Phi) is 3.96. The van der Waals surface area contributed by atoms with E-state index in [1.807, 2.05) is 6.20 Å². The van der Waals surface area contributed by atoms with Crippen molar-refractivity contribution in [2.24, 2.45) is 5.92 Å². The third-order valence-corrected chi connectivity index (χ3v) is 2.24. The van der Waals surface area contributed by atoms with Gasteiger partial charge in [-0.3, -0.25) is 0 Å². The molecule has 2 N–H and O–H groups in total. The first-order valence-corrected chi connectivity index (χ1v) is 4.95. The van der Waals surface area contributed by atoms with Crippen LogP contribution in [0, 0.1) is 5.92 Å². The van der Waals surface area contributed by atoms with Gasteiger partial charge in [0.1, 0.15) is 5.82 Å². The van der Waals surface area contributed by atoms with Gasteiger partial charge in [-0.15, -0.1) is 0 Å². The monoisotopic (exact) mass is 181 g/mol. The third kappa shape index (κ3) is 3.19. The van der Waals surface area contributed by atoms with Crippen molar-refractivity contribution in [3.05, 3.63) is 18.2 Å². The van der Waals surface area contributed by atoms with Crippen molar-refractivity contribution in [1.29, 1.82) is 0 Å². The number of aromatic nitrogens is 2. The Labute approximate surface area is 80.0 Å². The number of H-pyrrole nitrogens is 1. The van der Waals surface area contributed by atoms with E-state index < -0.39 is 0 Å². The molecule has 0 radical (unpaired) electrons. The molecule has 13 heavy (non-hydrogen) atoms. The standard InChI is InChI=1S/C10H19N3/c1-4-11-9(8(2)3)7-10-12-5-6-13-10/h5-6,8-9,11H,4,7H2,1-3H3,(H,12,13). The molecule has 0 aliphatic heterocycles. The molecule has 3 heteroatoms. The second kappa shape index (κ2) is 5.02. The minimum atomic E-state index is 0.524. The number of nitrogens with zero attached hydrogens (tertiary/aromatic N) is 1. The van der Waals surface area contributed by atoms with Crippen LogP contribution in [-0.4, -0.2) is 22.6 Å². The first-order chi connectivity index (χ1) is 6.24. The molecule has 3 nitrogen and oxygen atoms in total. The van der Waals surface area contributed by atoms with E-state index in [1.165, 1.54) is 0 Å². The van der Waals surface area contributed by atoms with E-state index in [-0.39, 0.29) is 0 Å². The van der Waals surface area contributed by atoms with Crippen LogP contribution in [0.1, 0.15) is 26.6 Å². The number of nitrogens with one attached hydrogen (secondary N) is 2. The topological polar surface area (TPSA) is 40.7 Å². The lowest BCUT2D eigenvalue weighted by Gasteiger charge is -2.20. The van der Waals surface area contributed by atoms with E-state index in [0.29, 0.717) is 12.0 Å². The zero-order chi connectivity index (χ0) is 9.68. The highest BCUT2D eigenvalue weighted by Crippen LogP contribution is 2.06. The van der Waals surface area contributed by atoms with E-state index in [0.717, 1.165) is 18.8 Å². The zero-order valence-electron chi connectivity index (χ0n) is 8.67. The largest absolute Gasteiger partial charge is 0.349 e. The van der Waals surface area contributed by atoms with Gasteiger partial charge in [-0.1, -0.05) is 20.8 Å². The van der Waals surface area contributed by atoms with Gasteiger partial charge in [0, 0.05) is 24.9 Å². The van der Waals surface area contributed by atoms with Crippen LogP contribution in [0.5, 0.6) is 0 Å². The number of hydrogen-bond acceptors (Lipinski definition) is 2. The predicted molar refractivity (Wildman–Crippen MR) is 54.6 cm³/mol. The Bertz CT molecular complexity index is 216. The summed E-state index contributed by atoms with van der Waals surface area (Å²) in [5.41, 5.74) is 0. The lowest BCUT2D eigenvalue weighted by Crippen LogP contribution is -2.35. The molecule has 1 aromatic heterocycles. The summed E-state index contributed by atoms with van der Waals surface area (Å²) in [6, 6.07) is 0.524. The molecule has 0 bridgehead atoms. The highest BCUT2D eigenvalue weighted by molar-refractivity contribution is 4.91. The van der Waals surface area contributed by atoms with Crippen LogP contribution >= 0.6 is 0 Å². The molecule has 0 aliphatic carbocycles. The SMILES string of the molecule is CCNC(Cc1ncc[nH]1)C(C)C. The maximum absolute atomic E-state index is 4.23.